The Bertz CT molecular complexity index is 1020. The summed E-state index contributed by atoms with van der Waals surface area (Å²) in [7, 11) is -3.85. The minimum atomic E-state index is -3.85. The summed E-state index contributed by atoms with van der Waals surface area (Å²) >= 11 is 0. The lowest BCUT2D eigenvalue weighted by atomic mass is 10.1. The van der Waals surface area contributed by atoms with E-state index < -0.39 is 27.4 Å². The maximum Gasteiger partial charge on any atom is 0.271 e. The van der Waals surface area contributed by atoms with Crippen molar-refractivity contribution < 1.29 is 18.1 Å². The quantitative estimate of drug-likeness (QED) is 0.431. The van der Waals surface area contributed by atoms with Crippen LogP contribution in [0.5, 0.6) is 0 Å². The van der Waals surface area contributed by atoms with Crippen molar-refractivity contribution in [3.8, 4) is 0 Å². The molecule has 0 fully saturated rings. The van der Waals surface area contributed by atoms with Gasteiger partial charge in [-0.15, -0.1) is 0 Å². The zero-order chi connectivity index (χ0) is 20.9. The summed E-state index contributed by atoms with van der Waals surface area (Å²) in [6, 6.07) is 12.6. The molecule has 0 unspecified atom stereocenters. The van der Waals surface area contributed by atoms with E-state index in [-0.39, 0.29) is 11.4 Å². The molecule has 0 aromatic heterocycles. The standard InChI is InChI=1S/C18H20N4O5S/c1-13-7-9-15(10-8-13)14(2)19-20-18(23)12-21(28(3,26)27)16-5-4-6-17(11-16)22(24)25/h4-11H,12H2,1-3H3,(H,20,23)/b19-14-. The van der Waals surface area contributed by atoms with Crippen LogP contribution >= 0.6 is 0 Å². The van der Waals surface area contributed by atoms with Gasteiger partial charge in [0.15, 0.2) is 0 Å². The predicted octanol–water partition coefficient (Wildman–Crippen LogP) is 2.21. The molecule has 0 aliphatic carbocycles. The number of hydrogen-bond donors (Lipinski definition) is 1. The van der Waals surface area contributed by atoms with Crippen LogP contribution in [0.3, 0.4) is 0 Å². The number of amides is 1. The summed E-state index contributed by atoms with van der Waals surface area (Å²) in [5.41, 5.74) is 4.50. The van der Waals surface area contributed by atoms with E-state index in [1.165, 1.54) is 18.2 Å². The molecule has 1 N–H and O–H groups in total. The fourth-order valence-corrected chi connectivity index (χ4v) is 3.18. The highest BCUT2D eigenvalue weighted by Crippen LogP contribution is 2.22. The number of aryl methyl sites for hydroxylation is 1. The van der Waals surface area contributed by atoms with Gasteiger partial charge in [0.05, 0.1) is 22.6 Å². The minimum absolute atomic E-state index is 0.0195. The second-order valence-electron chi connectivity index (χ2n) is 6.14. The Morgan fingerprint density at radius 3 is 2.43 bits per heavy atom. The molecule has 0 aliphatic rings. The third-order valence-corrected chi connectivity index (χ3v) is 4.97. The molecule has 0 saturated carbocycles. The van der Waals surface area contributed by atoms with Gasteiger partial charge in [0.2, 0.25) is 10.0 Å². The number of nitro benzene ring substituents is 1. The molecule has 2 aromatic carbocycles. The summed E-state index contributed by atoms with van der Waals surface area (Å²) in [4.78, 5) is 22.5. The van der Waals surface area contributed by atoms with Crippen molar-refractivity contribution in [3.05, 3.63) is 69.8 Å². The lowest BCUT2D eigenvalue weighted by Gasteiger charge is -2.21. The number of carbonyl (C=O) groups is 1. The number of hydrogen-bond acceptors (Lipinski definition) is 6. The predicted molar refractivity (Wildman–Crippen MR) is 107 cm³/mol. The van der Waals surface area contributed by atoms with Gasteiger partial charge in [-0.1, -0.05) is 35.9 Å². The summed E-state index contributed by atoms with van der Waals surface area (Å²) < 4.78 is 24.9. The minimum Gasteiger partial charge on any atom is -0.271 e. The van der Waals surface area contributed by atoms with E-state index in [1.807, 2.05) is 31.2 Å². The number of rotatable bonds is 7. The van der Waals surface area contributed by atoms with Crippen molar-refractivity contribution in [1.82, 2.24) is 5.43 Å². The smallest absolute Gasteiger partial charge is 0.271 e. The fourth-order valence-electron chi connectivity index (χ4n) is 2.33. The van der Waals surface area contributed by atoms with Gasteiger partial charge in [-0.2, -0.15) is 5.10 Å². The largest absolute Gasteiger partial charge is 0.271 e. The summed E-state index contributed by atoms with van der Waals surface area (Å²) in [6.45, 7) is 3.09. The zero-order valence-electron chi connectivity index (χ0n) is 15.6. The highest BCUT2D eigenvalue weighted by molar-refractivity contribution is 7.92. The number of nitrogens with zero attached hydrogens (tertiary/aromatic N) is 3. The average Bonchev–Trinajstić information content (AvgIpc) is 2.64. The monoisotopic (exact) mass is 404 g/mol. The topological polar surface area (TPSA) is 122 Å². The Balaban J connectivity index is 2.18. The van der Waals surface area contributed by atoms with Gasteiger partial charge in [-0.05, 0) is 25.5 Å². The fraction of sp³-hybridized carbons (Fsp3) is 0.222. The highest BCUT2D eigenvalue weighted by Gasteiger charge is 2.22. The molecule has 28 heavy (non-hydrogen) atoms. The van der Waals surface area contributed by atoms with Gasteiger partial charge < -0.3 is 0 Å². The Morgan fingerprint density at radius 2 is 1.86 bits per heavy atom. The van der Waals surface area contributed by atoms with E-state index in [2.05, 4.69) is 10.5 Å². The van der Waals surface area contributed by atoms with Crippen LogP contribution in [0.25, 0.3) is 0 Å². The SMILES string of the molecule is C/C(=N/NC(=O)CN(c1cccc([N+](=O)[O-])c1)S(C)(=O)=O)c1ccc(C)cc1. The van der Waals surface area contributed by atoms with Crippen LogP contribution in [-0.2, 0) is 14.8 Å². The first-order chi connectivity index (χ1) is 13.1. The lowest BCUT2D eigenvalue weighted by Crippen LogP contribution is -2.39. The van der Waals surface area contributed by atoms with Crippen LogP contribution in [0.4, 0.5) is 11.4 Å². The third kappa shape index (κ3) is 5.61. The number of carbonyl (C=O) groups excluding carboxylic acids is 1. The molecule has 9 nitrogen and oxygen atoms in total. The molecule has 0 bridgehead atoms. The van der Waals surface area contributed by atoms with Gasteiger partial charge in [-0.3, -0.25) is 19.2 Å². The molecule has 0 atom stereocenters. The normalized spacial score (nSPS) is 11.8. The van der Waals surface area contributed by atoms with Crippen LogP contribution in [0.1, 0.15) is 18.1 Å². The van der Waals surface area contributed by atoms with Crippen LogP contribution in [-0.4, -0.2) is 37.8 Å². The maximum absolute atomic E-state index is 12.2. The Hall–Kier alpha value is -3.27. The molecular weight excluding hydrogens is 384 g/mol. The van der Waals surface area contributed by atoms with E-state index in [0.29, 0.717) is 5.71 Å². The molecule has 1 amide bonds. The molecule has 0 radical (unpaired) electrons. The van der Waals surface area contributed by atoms with Crippen molar-refractivity contribution in [2.24, 2.45) is 5.10 Å². The molecule has 0 aliphatic heterocycles. The van der Waals surface area contributed by atoms with Gasteiger partial charge >= 0.3 is 0 Å². The number of nitro groups is 1. The lowest BCUT2D eigenvalue weighted by molar-refractivity contribution is -0.384. The second kappa shape index (κ2) is 8.61. The van der Waals surface area contributed by atoms with Gasteiger partial charge in [0.1, 0.15) is 6.54 Å². The van der Waals surface area contributed by atoms with E-state index in [4.69, 9.17) is 0 Å². The Morgan fingerprint density at radius 1 is 1.21 bits per heavy atom. The summed E-state index contributed by atoms with van der Waals surface area (Å²) in [5, 5.41) is 14.9. The molecule has 0 saturated heterocycles. The maximum atomic E-state index is 12.2. The van der Waals surface area contributed by atoms with E-state index >= 15 is 0 Å². The van der Waals surface area contributed by atoms with Crippen LogP contribution in [0.15, 0.2) is 53.6 Å². The second-order valence-corrected chi connectivity index (χ2v) is 8.05. The molecular formula is C18H20N4O5S. The number of sulfonamides is 1. The number of nitrogens with one attached hydrogen (secondary N) is 1. The van der Waals surface area contributed by atoms with Crippen molar-refractivity contribution >= 4 is 33.0 Å². The van der Waals surface area contributed by atoms with Crippen LogP contribution in [0.2, 0.25) is 0 Å². The van der Waals surface area contributed by atoms with Gasteiger partial charge in [0, 0.05) is 12.1 Å². The van der Waals surface area contributed by atoms with Gasteiger partial charge in [0.25, 0.3) is 11.6 Å². The van der Waals surface area contributed by atoms with Gasteiger partial charge in [-0.25, -0.2) is 13.8 Å². The average molecular weight is 404 g/mol. The first-order valence-corrected chi connectivity index (χ1v) is 10.0. The number of non-ortho nitro benzene ring substituents is 1. The van der Waals surface area contributed by atoms with Crippen molar-refractivity contribution in [1.29, 1.82) is 0 Å². The summed E-state index contributed by atoms with van der Waals surface area (Å²) in [6.07, 6.45) is 0.917. The van der Waals surface area contributed by atoms with Crippen LogP contribution in [0, 0.1) is 17.0 Å². The van der Waals surface area contributed by atoms with Crippen molar-refractivity contribution in [2.45, 2.75) is 13.8 Å². The van der Waals surface area contributed by atoms with E-state index in [9.17, 15) is 23.3 Å². The highest BCUT2D eigenvalue weighted by atomic mass is 32.2. The first-order valence-electron chi connectivity index (χ1n) is 8.20. The Kier molecular flexibility index (Phi) is 6.47. The molecule has 2 aromatic rings. The first kappa shape index (κ1) is 21.0. The van der Waals surface area contributed by atoms with E-state index in [0.717, 1.165) is 27.8 Å². The van der Waals surface area contributed by atoms with Crippen LogP contribution < -0.4 is 9.73 Å². The van der Waals surface area contributed by atoms with Crippen molar-refractivity contribution in [3.63, 3.8) is 0 Å². The number of benzene rings is 2. The zero-order valence-corrected chi connectivity index (χ0v) is 16.4. The van der Waals surface area contributed by atoms with Crippen molar-refractivity contribution in [2.75, 3.05) is 17.1 Å². The Labute approximate surface area is 162 Å². The number of hydrazone groups is 1. The summed E-state index contributed by atoms with van der Waals surface area (Å²) in [5.74, 6) is -0.677. The van der Waals surface area contributed by atoms with E-state index in [1.54, 1.807) is 6.92 Å². The molecule has 0 spiro atoms. The molecule has 10 heteroatoms. The molecule has 148 valence electrons. The molecule has 2 rings (SSSR count). The molecule has 0 heterocycles. The third-order valence-electron chi connectivity index (χ3n) is 3.83. The number of anilines is 1.